The second-order valence-corrected chi connectivity index (χ2v) is 16.7. The first-order chi connectivity index (χ1) is 34.2. The maximum absolute atomic E-state index is 13.3. The second kappa shape index (κ2) is 23.3. The highest BCUT2D eigenvalue weighted by Gasteiger charge is 2.19. The zero-order valence-electron chi connectivity index (χ0n) is 40.6. The smallest absolute Gasteiger partial charge is 0.339 e. The summed E-state index contributed by atoms with van der Waals surface area (Å²) in [6.45, 7) is 23.7. The Morgan fingerprint density at radius 1 is 0.292 bits per heavy atom. The van der Waals surface area contributed by atoms with E-state index in [9.17, 15) is 28.8 Å². The number of allylic oxidation sites excluding steroid dienone is 2. The van der Waals surface area contributed by atoms with E-state index >= 15 is 0 Å². The summed E-state index contributed by atoms with van der Waals surface area (Å²) >= 11 is 0. The molecule has 12 heteroatoms. The summed E-state index contributed by atoms with van der Waals surface area (Å²) in [7, 11) is 0. The van der Waals surface area contributed by atoms with Gasteiger partial charge in [0.05, 0.1) is 0 Å². The lowest BCUT2D eigenvalue weighted by molar-refractivity contribution is -0.132. The van der Waals surface area contributed by atoms with Gasteiger partial charge in [0.2, 0.25) is 0 Å². The van der Waals surface area contributed by atoms with Crippen LogP contribution in [0.25, 0.3) is 44.5 Å². The summed E-state index contributed by atoms with van der Waals surface area (Å²) in [5.74, 6) is -2.86. The monoisotopic (exact) mass is 962 g/mol. The van der Waals surface area contributed by atoms with E-state index in [2.05, 4.69) is 26.3 Å². The minimum atomic E-state index is -0.757. The molecule has 6 rings (SSSR count). The van der Waals surface area contributed by atoms with Gasteiger partial charge in [0.25, 0.3) is 0 Å². The van der Waals surface area contributed by atoms with Crippen molar-refractivity contribution in [1.82, 2.24) is 0 Å². The van der Waals surface area contributed by atoms with Crippen molar-refractivity contribution >= 4 is 35.8 Å². The summed E-state index contributed by atoms with van der Waals surface area (Å²) in [6.07, 6.45) is 2.86. The van der Waals surface area contributed by atoms with Gasteiger partial charge in [0.1, 0.15) is 23.0 Å². The van der Waals surface area contributed by atoms with E-state index in [4.69, 9.17) is 28.4 Å². The van der Waals surface area contributed by atoms with Crippen LogP contribution in [-0.2, 0) is 28.8 Å². The Hall–Kier alpha value is -9.42. The molecule has 12 nitrogen and oxygen atoms in total. The van der Waals surface area contributed by atoms with Crippen LogP contribution < -0.4 is 28.4 Å². The number of rotatable bonds is 17. The van der Waals surface area contributed by atoms with Crippen molar-refractivity contribution in [2.45, 2.75) is 41.5 Å². The Labute approximate surface area is 417 Å². The fourth-order valence-electron chi connectivity index (χ4n) is 6.37. The van der Waals surface area contributed by atoms with Crippen molar-refractivity contribution in [3.8, 4) is 79.0 Å². The molecule has 0 amide bonds. The molecular formula is C60H50O12. The quantitative estimate of drug-likeness (QED) is 0.0369. The van der Waals surface area contributed by atoms with Gasteiger partial charge in [-0.25, -0.2) is 28.8 Å². The second-order valence-electron chi connectivity index (χ2n) is 16.7. The molecule has 0 spiro atoms. The van der Waals surface area contributed by atoms with Crippen LogP contribution in [0.5, 0.6) is 34.5 Å². The third-order valence-corrected chi connectivity index (χ3v) is 10.5. The molecular weight excluding hydrogens is 913 g/mol. The van der Waals surface area contributed by atoms with Crippen molar-refractivity contribution in [3.05, 3.63) is 205 Å². The van der Waals surface area contributed by atoms with Crippen LogP contribution in [0, 0.1) is 0 Å². The van der Waals surface area contributed by atoms with Crippen molar-refractivity contribution in [1.29, 1.82) is 0 Å². The molecule has 0 saturated carbocycles. The highest BCUT2D eigenvalue weighted by Crippen LogP contribution is 2.36. The molecule has 0 N–H and O–H groups in total. The molecule has 0 aliphatic carbocycles. The van der Waals surface area contributed by atoms with Crippen molar-refractivity contribution < 1.29 is 57.2 Å². The van der Waals surface area contributed by atoms with Gasteiger partial charge in [-0.05, 0) is 135 Å². The minimum Gasteiger partial charge on any atom is -0.423 e. The molecule has 6 aromatic rings. The van der Waals surface area contributed by atoms with Crippen molar-refractivity contribution in [2.24, 2.45) is 0 Å². The highest BCUT2D eigenvalue weighted by molar-refractivity contribution is 5.94. The number of hydrogen-bond donors (Lipinski definition) is 0. The number of hydrogen-bond acceptors (Lipinski definition) is 12. The van der Waals surface area contributed by atoms with E-state index in [-0.39, 0.29) is 56.6 Å². The molecule has 0 saturated heterocycles. The molecule has 0 radical (unpaired) electrons. The Bertz CT molecular complexity index is 3180. The van der Waals surface area contributed by atoms with Gasteiger partial charge in [-0.3, -0.25) is 0 Å². The molecule has 72 heavy (non-hydrogen) atoms. The Balaban J connectivity index is 1.09. The zero-order valence-corrected chi connectivity index (χ0v) is 40.6. The highest BCUT2D eigenvalue weighted by atomic mass is 16.6. The number of carbonyl (C=O) groups is 6. The number of carbonyl (C=O) groups excluding carboxylic acids is 6. The van der Waals surface area contributed by atoms with Gasteiger partial charge in [-0.15, -0.1) is 0 Å². The van der Waals surface area contributed by atoms with Gasteiger partial charge >= 0.3 is 35.8 Å². The zero-order chi connectivity index (χ0) is 52.2. The third-order valence-electron chi connectivity index (χ3n) is 10.5. The molecule has 0 fully saturated rings. The first-order valence-corrected chi connectivity index (χ1v) is 22.3. The van der Waals surface area contributed by atoms with Crippen LogP contribution in [0.4, 0.5) is 0 Å². The maximum Gasteiger partial charge on any atom is 0.339 e. The fraction of sp³-hybridized carbons (Fsp3) is 0.100. The Morgan fingerprint density at radius 2 is 0.569 bits per heavy atom. The summed E-state index contributed by atoms with van der Waals surface area (Å²) < 4.78 is 33.0. The van der Waals surface area contributed by atoms with Crippen molar-refractivity contribution in [2.75, 3.05) is 0 Å². The summed E-state index contributed by atoms with van der Waals surface area (Å²) in [5.41, 5.74) is 7.50. The lowest BCUT2D eigenvalue weighted by Crippen LogP contribution is -2.13. The van der Waals surface area contributed by atoms with E-state index in [0.29, 0.717) is 22.4 Å². The Morgan fingerprint density at radius 3 is 0.958 bits per heavy atom. The van der Waals surface area contributed by atoms with Crippen LogP contribution in [0.3, 0.4) is 0 Å². The first kappa shape index (κ1) is 52.0. The largest absolute Gasteiger partial charge is 0.423 e. The minimum absolute atomic E-state index is 0.00571. The van der Waals surface area contributed by atoms with Crippen LogP contribution in [0.15, 0.2) is 205 Å². The summed E-state index contributed by atoms with van der Waals surface area (Å²) in [5, 5.41) is 0. The van der Waals surface area contributed by atoms with Gasteiger partial charge in [0.15, 0.2) is 11.5 Å². The normalized spacial score (nSPS) is 11.1. The molecule has 362 valence electrons. The van der Waals surface area contributed by atoms with Gasteiger partial charge in [-0.1, -0.05) is 117 Å². The molecule has 0 aliphatic heterocycles. The maximum atomic E-state index is 13.3. The van der Waals surface area contributed by atoms with E-state index in [0.717, 1.165) is 33.4 Å². The third kappa shape index (κ3) is 13.9. The van der Waals surface area contributed by atoms with Gasteiger partial charge < -0.3 is 28.4 Å². The topological polar surface area (TPSA) is 158 Å². The molecule has 0 atom stereocenters. The molecule has 0 unspecified atom stereocenters. The first-order valence-electron chi connectivity index (χ1n) is 22.3. The lowest BCUT2D eigenvalue weighted by Gasteiger charge is -2.13. The number of ether oxygens (including phenoxy) is 6. The average Bonchev–Trinajstić information content (AvgIpc) is 3.36. The van der Waals surface area contributed by atoms with E-state index in [1.165, 1.54) is 52.0 Å². The van der Waals surface area contributed by atoms with Crippen molar-refractivity contribution in [3.63, 3.8) is 0 Å². The van der Waals surface area contributed by atoms with E-state index in [1.54, 1.807) is 74.5 Å². The summed E-state index contributed by atoms with van der Waals surface area (Å²) in [6, 6.07) is 38.6. The number of benzene rings is 6. The Kier molecular flexibility index (Phi) is 16.8. The van der Waals surface area contributed by atoms with E-state index in [1.807, 2.05) is 60.7 Å². The predicted molar refractivity (Wildman–Crippen MR) is 275 cm³/mol. The van der Waals surface area contributed by atoms with Crippen LogP contribution in [0.2, 0.25) is 0 Å². The molecule has 0 heterocycles. The standard InChI is InChI=1S/C60H50O12/c1-35(2)55(61)67-49-26-21-43(22-27-49)41-13-17-45(18-14-41)47-25-30-53(54(33-47)72-58(64)38(7)8)71-60(66)40(10)12-11-39(9)59(65)68-50-28-23-44(24-29-50)42-15-19-46(20-16-42)48-31-51(69-56(62)36(3)4)34-52(32-48)70-57(63)37(5)6/h11-34H,1,3,5,7H2,2,4,6,8-10H3/b39-11+,40-12+. The lowest BCUT2D eigenvalue weighted by atomic mass is 10.00. The molecule has 0 aliphatic rings. The number of esters is 6. The van der Waals surface area contributed by atoms with E-state index < -0.39 is 35.8 Å². The van der Waals surface area contributed by atoms with Crippen LogP contribution in [-0.4, -0.2) is 35.8 Å². The predicted octanol–water partition coefficient (Wildman–Crippen LogP) is 12.7. The molecule has 0 bridgehead atoms. The van der Waals surface area contributed by atoms with Crippen LogP contribution in [0.1, 0.15) is 41.5 Å². The molecule has 0 aromatic heterocycles. The fourth-order valence-corrected chi connectivity index (χ4v) is 6.37. The summed E-state index contributed by atoms with van der Waals surface area (Å²) in [4.78, 5) is 75.5. The van der Waals surface area contributed by atoms with Crippen LogP contribution >= 0.6 is 0 Å². The average molecular weight is 963 g/mol. The SMILES string of the molecule is C=C(C)C(=O)Oc1ccc(-c2ccc(-c3ccc(OC(=O)/C(C)=C/C=C(\C)C(=O)Oc4ccc(-c5ccc(-c6cc(OC(=O)C(=C)C)cc(OC(=O)C(=C)C)c6)cc5)cc4)c(OC(=O)C(=C)C)c3)cc2)cc1. The van der Waals surface area contributed by atoms with Gasteiger partial charge in [-0.2, -0.15) is 0 Å². The molecule has 6 aromatic carbocycles. The van der Waals surface area contributed by atoms with Gasteiger partial charge in [0, 0.05) is 39.5 Å².